The van der Waals surface area contributed by atoms with Gasteiger partial charge in [0.1, 0.15) is 5.69 Å². The third-order valence-electron chi connectivity index (χ3n) is 6.45. The average molecular weight is 424 g/mol. The number of carbonyl (C=O) groups excluding carboxylic acids is 2. The third kappa shape index (κ3) is 3.51. The van der Waals surface area contributed by atoms with Crippen molar-refractivity contribution >= 4 is 33.9 Å². The lowest BCUT2D eigenvalue weighted by atomic mass is 10.0. The largest absolute Gasteiger partial charge is 0.337 e. The van der Waals surface area contributed by atoms with Crippen LogP contribution >= 0.6 is 0 Å². The molecule has 0 N–H and O–H groups in total. The molecule has 7 nitrogen and oxygen atoms in total. The summed E-state index contributed by atoms with van der Waals surface area (Å²) < 4.78 is 3.84. The number of amides is 2. The molecule has 0 atom stereocenters. The van der Waals surface area contributed by atoms with Crippen molar-refractivity contribution in [2.24, 2.45) is 0 Å². The molecule has 1 aliphatic rings. The van der Waals surface area contributed by atoms with Crippen LogP contribution in [0.1, 0.15) is 43.2 Å². The molecule has 4 rings (SSSR count). The number of benzene rings is 1. The quantitative estimate of drug-likeness (QED) is 0.643. The van der Waals surface area contributed by atoms with E-state index in [9.17, 15) is 9.59 Å². The highest BCUT2D eigenvalue weighted by Crippen LogP contribution is 2.35. The summed E-state index contributed by atoms with van der Waals surface area (Å²) in [6.07, 6.45) is 1.89. The molecule has 31 heavy (non-hydrogen) atoms. The fourth-order valence-electron chi connectivity index (χ4n) is 4.81. The molecule has 1 aromatic carbocycles. The van der Waals surface area contributed by atoms with Gasteiger partial charge in [-0.05, 0) is 52.9 Å². The molecule has 2 aromatic heterocycles. The number of nitrogens with zero attached hydrogens (tertiary/aromatic N) is 5. The van der Waals surface area contributed by atoms with Crippen LogP contribution in [0.25, 0.3) is 21.9 Å². The SMILES string of the molecule is CC(C)n1c2ccccc2c2c1cc(C(=O)N1CCC(N(C)C)CC1)n2C(=O)N(C)C. The first-order valence-corrected chi connectivity index (χ1v) is 11.0. The number of piperidine rings is 1. The van der Waals surface area contributed by atoms with Gasteiger partial charge < -0.3 is 19.3 Å². The first kappa shape index (κ1) is 21.4. The van der Waals surface area contributed by atoms with Crippen molar-refractivity contribution in [3.05, 3.63) is 36.0 Å². The van der Waals surface area contributed by atoms with Crippen LogP contribution in [0.15, 0.2) is 30.3 Å². The lowest BCUT2D eigenvalue weighted by molar-refractivity contribution is 0.0654. The Labute approximate surface area is 183 Å². The zero-order valence-corrected chi connectivity index (χ0v) is 19.4. The van der Waals surface area contributed by atoms with Crippen molar-refractivity contribution < 1.29 is 9.59 Å². The number of rotatable bonds is 3. The van der Waals surface area contributed by atoms with Gasteiger partial charge in [-0.3, -0.25) is 9.36 Å². The van der Waals surface area contributed by atoms with Crippen molar-refractivity contribution in [2.75, 3.05) is 41.3 Å². The molecule has 0 spiro atoms. The molecule has 3 aromatic rings. The Morgan fingerprint density at radius 3 is 2.23 bits per heavy atom. The van der Waals surface area contributed by atoms with Gasteiger partial charge in [0.25, 0.3) is 5.91 Å². The first-order valence-electron chi connectivity index (χ1n) is 11.0. The normalized spacial score (nSPS) is 15.5. The minimum atomic E-state index is -0.201. The maximum Gasteiger partial charge on any atom is 0.328 e. The van der Waals surface area contributed by atoms with E-state index in [1.54, 1.807) is 18.7 Å². The number of likely N-dealkylation sites (tertiary alicyclic amines) is 1. The Hall–Kier alpha value is -2.80. The van der Waals surface area contributed by atoms with E-state index in [0.29, 0.717) is 24.8 Å². The predicted molar refractivity (Wildman–Crippen MR) is 125 cm³/mol. The molecule has 1 aliphatic heterocycles. The van der Waals surface area contributed by atoms with Gasteiger partial charge in [-0.25, -0.2) is 4.79 Å². The van der Waals surface area contributed by atoms with Gasteiger partial charge in [0.15, 0.2) is 0 Å². The fraction of sp³-hybridized carbons (Fsp3) is 0.500. The van der Waals surface area contributed by atoms with E-state index >= 15 is 0 Å². The lowest BCUT2D eigenvalue weighted by Crippen LogP contribution is -2.45. The molecule has 0 bridgehead atoms. The molecule has 0 unspecified atom stereocenters. The number of hydrogen-bond donors (Lipinski definition) is 0. The van der Waals surface area contributed by atoms with Gasteiger partial charge >= 0.3 is 6.03 Å². The molecule has 2 amide bonds. The van der Waals surface area contributed by atoms with Crippen LogP contribution in [-0.4, -0.2) is 83.1 Å². The number of aromatic nitrogens is 2. The molecule has 7 heteroatoms. The zero-order valence-electron chi connectivity index (χ0n) is 19.4. The molecule has 0 radical (unpaired) electrons. The average Bonchev–Trinajstić information content (AvgIpc) is 3.27. The van der Waals surface area contributed by atoms with E-state index in [4.69, 9.17) is 0 Å². The minimum absolute atomic E-state index is 0.0667. The molecule has 1 fully saturated rings. The molecule has 3 heterocycles. The second kappa shape index (κ2) is 8.04. The van der Waals surface area contributed by atoms with Crippen molar-refractivity contribution in [1.82, 2.24) is 23.8 Å². The summed E-state index contributed by atoms with van der Waals surface area (Å²) in [7, 11) is 7.64. The third-order valence-corrected chi connectivity index (χ3v) is 6.45. The summed E-state index contributed by atoms with van der Waals surface area (Å²) in [5.74, 6) is -0.0667. The monoisotopic (exact) mass is 423 g/mol. The Morgan fingerprint density at radius 1 is 1.00 bits per heavy atom. The number of fused-ring (bicyclic) bond motifs is 3. The highest BCUT2D eigenvalue weighted by atomic mass is 16.2. The highest BCUT2D eigenvalue weighted by Gasteiger charge is 2.31. The summed E-state index contributed by atoms with van der Waals surface area (Å²) >= 11 is 0. The van der Waals surface area contributed by atoms with E-state index in [0.717, 1.165) is 34.8 Å². The fourth-order valence-corrected chi connectivity index (χ4v) is 4.81. The topological polar surface area (TPSA) is 53.7 Å². The van der Waals surface area contributed by atoms with Crippen LogP contribution < -0.4 is 0 Å². The molecular formula is C24H33N5O2. The maximum absolute atomic E-state index is 13.6. The highest BCUT2D eigenvalue weighted by molar-refractivity contribution is 6.14. The minimum Gasteiger partial charge on any atom is -0.337 e. The van der Waals surface area contributed by atoms with Crippen LogP contribution in [0, 0.1) is 0 Å². The van der Waals surface area contributed by atoms with Gasteiger partial charge in [-0.2, -0.15) is 0 Å². The van der Waals surface area contributed by atoms with Crippen LogP contribution in [0.5, 0.6) is 0 Å². The van der Waals surface area contributed by atoms with E-state index in [2.05, 4.69) is 43.5 Å². The first-order chi connectivity index (χ1) is 14.7. The number of carbonyl (C=O) groups is 2. The summed E-state index contributed by atoms with van der Waals surface area (Å²) in [6, 6.07) is 10.5. The van der Waals surface area contributed by atoms with Crippen molar-refractivity contribution in [3.63, 3.8) is 0 Å². The van der Waals surface area contributed by atoms with E-state index in [1.165, 1.54) is 4.90 Å². The van der Waals surface area contributed by atoms with Crippen molar-refractivity contribution in [3.8, 4) is 0 Å². The maximum atomic E-state index is 13.6. The molecular weight excluding hydrogens is 390 g/mol. The van der Waals surface area contributed by atoms with E-state index in [-0.39, 0.29) is 18.0 Å². The molecule has 166 valence electrons. The van der Waals surface area contributed by atoms with Crippen molar-refractivity contribution in [2.45, 2.75) is 38.8 Å². The Kier molecular flexibility index (Phi) is 5.56. The van der Waals surface area contributed by atoms with Crippen LogP contribution in [-0.2, 0) is 0 Å². The Balaban J connectivity index is 1.87. The molecule has 1 saturated heterocycles. The van der Waals surface area contributed by atoms with E-state index < -0.39 is 0 Å². The number of hydrogen-bond acceptors (Lipinski definition) is 3. The molecule has 0 saturated carbocycles. The van der Waals surface area contributed by atoms with Gasteiger partial charge in [0.05, 0.1) is 16.6 Å². The smallest absolute Gasteiger partial charge is 0.328 e. The standard InChI is InChI=1S/C24H33N5O2/c1-16(2)28-19-10-8-7-9-18(19)22-20(28)15-21(29(22)24(31)26(5)6)23(30)27-13-11-17(12-14-27)25(3)4/h7-10,15-17H,11-14H2,1-6H3. The summed E-state index contributed by atoms with van der Waals surface area (Å²) in [4.78, 5) is 32.6. The van der Waals surface area contributed by atoms with Gasteiger partial charge in [-0.1, -0.05) is 18.2 Å². The Bertz CT molecular complexity index is 1130. The predicted octanol–water partition coefficient (Wildman–Crippen LogP) is 3.87. The van der Waals surface area contributed by atoms with E-state index in [1.807, 2.05) is 29.2 Å². The summed E-state index contributed by atoms with van der Waals surface area (Å²) in [6.45, 7) is 5.67. The zero-order chi connectivity index (χ0) is 22.4. The number of para-hydroxylation sites is 1. The van der Waals surface area contributed by atoms with Gasteiger partial charge in [-0.15, -0.1) is 0 Å². The second-order valence-corrected chi connectivity index (χ2v) is 9.24. The van der Waals surface area contributed by atoms with Crippen LogP contribution in [0.4, 0.5) is 4.79 Å². The van der Waals surface area contributed by atoms with Gasteiger partial charge in [0.2, 0.25) is 0 Å². The van der Waals surface area contributed by atoms with Gasteiger partial charge in [0, 0.05) is 44.7 Å². The van der Waals surface area contributed by atoms with Crippen LogP contribution in [0.3, 0.4) is 0 Å². The molecule has 0 aliphatic carbocycles. The summed E-state index contributed by atoms with van der Waals surface area (Å²) in [5, 5.41) is 0.992. The second-order valence-electron chi connectivity index (χ2n) is 9.24. The van der Waals surface area contributed by atoms with Crippen LogP contribution in [0.2, 0.25) is 0 Å². The van der Waals surface area contributed by atoms with Crippen molar-refractivity contribution in [1.29, 1.82) is 0 Å². The Morgan fingerprint density at radius 2 is 1.65 bits per heavy atom. The lowest BCUT2D eigenvalue weighted by Gasteiger charge is -2.35. The summed E-state index contributed by atoms with van der Waals surface area (Å²) in [5.41, 5.74) is 3.27.